The van der Waals surface area contributed by atoms with Crippen LogP contribution in [-0.2, 0) is 9.53 Å². The van der Waals surface area contributed by atoms with Crippen molar-refractivity contribution >= 4 is 17.6 Å². The number of benzene rings is 1. The van der Waals surface area contributed by atoms with Gasteiger partial charge in [0.15, 0.2) is 0 Å². The highest BCUT2D eigenvalue weighted by Crippen LogP contribution is 2.32. The molecule has 1 heterocycles. The van der Waals surface area contributed by atoms with E-state index in [0.717, 1.165) is 0 Å². The van der Waals surface area contributed by atoms with Crippen LogP contribution in [0, 0.1) is 11.7 Å². The maximum atomic E-state index is 13.8. The Labute approximate surface area is 110 Å². The molecule has 0 aromatic heterocycles. The summed E-state index contributed by atoms with van der Waals surface area (Å²) in [6.45, 7) is 3.16. The monoisotopic (exact) mass is 271 g/mol. The standard InChI is InChI=1S/C13H15ClFNO2/c1-2-18-13(17)11-7-16-6-10(11)9-5-8(14)3-4-12(9)15/h3-5,10-11,16H,2,6-7H2,1H3/t10?,11-/m0/s1. The third-order valence-electron chi connectivity index (χ3n) is 3.16. The Morgan fingerprint density at radius 1 is 1.56 bits per heavy atom. The maximum Gasteiger partial charge on any atom is 0.310 e. The normalized spacial score (nSPS) is 23.1. The summed E-state index contributed by atoms with van der Waals surface area (Å²) < 4.78 is 18.8. The summed E-state index contributed by atoms with van der Waals surface area (Å²) in [6.07, 6.45) is 0. The van der Waals surface area contributed by atoms with Crippen molar-refractivity contribution in [2.75, 3.05) is 19.7 Å². The van der Waals surface area contributed by atoms with Crippen molar-refractivity contribution < 1.29 is 13.9 Å². The molecule has 5 heteroatoms. The number of hydrogen-bond acceptors (Lipinski definition) is 3. The van der Waals surface area contributed by atoms with E-state index >= 15 is 0 Å². The fourth-order valence-electron chi connectivity index (χ4n) is 2.30. The van der Waals surface area contributed by atoms with E-state index in [-0.39, 0.29) is 23.6 Å². The molecule has 98 valence electrons. The quantitative estimate of drug-likeness (QED) is 0.858. The SMILES string of the molecule is CCOC(=O)[C@H]1CNCC1c1cc(Cl)ccc1F. The zero-order valence-electron chi connectivity index (χ0n) is 10.1. The number of carbonyl (C=O) groups is 1. The second-order valence-electron chi connectivity index (χ2n) is 4.29. The summed E-state index contributed by atoms with van der Waals surface area (Å²) in [4.78, 5) is 11.8. The number of rotatable bonds is 3. The van der Waals surface area contributed by atoms with Crippen LogP contribution in [-0.4, -0.2) is 25.7 Å². The number of carbonyl (C=O) groups excluding carboxylic acids is 1. The van der Waals surface area contributed by atoms with Crippen molar-refractivity contribution in [3.8, 4) is 0 Å². The number of esters is 1. The third-order valence-corrected chi connectivity index (χ3v) is 3.40. The fourth-order valence-corrected chi connectivity index (χ4v) is 2.48. The highest BCUT2D eigenvalue weighted by atomic mass is 35.5. The predicted octanol–water partition coefficient (Wildman–Crippen LogP) is 2.35. The molecule has 1 aliphatic rings. The van der Waals surface area contributed by atoms with Gasteiger partial charge in [-0.15, -0.1) is 0 Å². The van der Waals surface area contributed by atoms with Crippen molar-refractivity contribution in [3.63, 3.8) is 0 Å². The van der Waals surface area contributed by atoms with Gasteiger partial charge in [-0.05, 0) is 30.7 Å². The lowest BCUT2D eigenvalue weighted by Crippen LogP contribution is -2.24. The summed E-state index contributed by atoms with van der Waals surface area (Å²) in [7, 11) is 0. The fraction of sp³-hybridized carbons (Fsp3) is 0.462. The van der Waals surface area contributed by atoms with Crippen LogP contribution in [0.15, 0.2) is 18.2 Å². The average molecular weight is 272 g/mol. The van der Waals surface area contributed by atoms with Crippen LogP contribution in [0.25, 0.3) is 0 Å². The minimum atomic E-state index is -0.349. The predicted molar refractivity (Wildman–Crippen MR) is 67.1 cm³/mol. The van der Waals surface area contributed by atoms with Gasteiger partial charge >= 0.3 is 5.97 Å². The molecule has 0 spiro atoms. The molecule has 1 N–H and O–H groups in total. The van der Waals surface area contributed by atoms with E-state index in [1.165, 1.54) is 12.1 Å². The summed E-state index contributed by atoms with van der Waals surface area (Å²) in [5.41, 5.74) is 0.477. The van der Waals surface area contributed by atoms with Crippen molar-refractivity contribution in [1.82, 2.24) is 5.32 Å². The van der Waals surface area contributed by atoms with Gasteiger partial charge < -0.3 is 10.1 Å². The van der Waals surface area contributed by atoms with Crippen molar-refractivity contribution in [2.24, 2.45) is 5.92 Å². The van der Waals surface area contributed by atoms with E-state index in [9.17, 15) is 9.18 Å². The van der Waals surface area contributed by atoms with Gasteiger partial charge in [-0.3, -0.25) is 4.79 Å². The first-order valence-corrected chi connectivity index (χ1v) is 6.33. The number of hydrogen-bond donors (Lipinski definition) is 1. The molecule has 18 heavy (non-hydrogen) atoms. The molecule has 0 aliphatic carbocycles. The second kappa shape index (κ2) is 5.67. The third kappa shape index (κ3) is 2.65. The van der Waals surface area contributed by atoms with Gasteiger partial charge in [-0.1, -0.05) is 11.6 Å². The number of ether oxygens (including phenoxy) is 1. The van der Waals surface area contributed by atoms with Crippen LogP contribution < -0.4 is 5.32 Å². The summed E-state index contributed by atoms with van der Waals surface area (Å²) in [5.74, 6) is -1.19. The summed E-state index contributed by atoms with van der Waals surface area (Å²) in [6, 6.07) is 4.42. The Hall–Kier alpha value is -1.13. The Balaban J connectivity index is 2.25. The molecular formula is C13H15ClFNO2. The molecular weight excluding hydrogens is 257 g/mol. The lowest BCUT2D eigenvalue weighted by Gasteiger charge is -2.18. The zero-order valence-corrected chi connectivity index (χ0v) is 10.8. The van der Waals surface area contributed by atoms with Crippen LogP contribution in [0.4, 0.5) is 4.39 Å². The molecule has 0 bridgehead atoms. The van der Waals surface area contributed by atoms with E-state index in [1.807, 2.05) is 0 Å². The summed E-state index contributed by atoms with van der Waals surface area (Å²) in [5, 5.41) is 3.57. The van der Waals surface area contributed by atoms with E-state index in [4.69, 9.17) is 16.3 Å². The van der Waals surface area contributed by atoms with Crippen LogP contribution in [0.2, 0.25) is 5.02 Å². The molecule has 2 rings (SSSR count). The molecule has 1 aromatic carbocycles. The van der Waals surface area contributed by atoms with E-state index in [1.54, 1.807) is 13.0 Å². The van der Waals surface area contributed by atoms with E-state index < -0.39 is 0 Å². The first kappa shape index (κ1) is 13.3. The molecule has 1 fully saturated rings. The molecule has 0 amide bonds. The van der Waals surface area contributed by atoms with Gasteiger partial charge in [0.25, 0.3) is 0 Å². The topological polar surface area (TPSA) is 38.3 Å². The van der Waals surface area contributed by atoms with Crippen molar-refractivity contribution in [1.29, 1.82) is 0 Å². The summed E-state index contributed by atoms with van der Waals surface area (Å²) >= 11 is 5.88. The van der Waals surface area contributed by atoms with Crippen LogP contribution in [0.3, 0.4) is 0 Å². The van der Waals surface area contributed by atoms with E-state index in [2.05, 4.69) is 5.32 Å². The molecule has 1 unspecified atom stereocenters. The zero-order chi connectivity index (χ0) is 13.1. The lowest BCUT2D eigenvalue weighted by molar-refractivity contribution is -0.147. The largest absolute Gasteiger partial charge is 0.466 e. The second-order valence-corrected chi connectivity index (χ2v) is 4.73. The molecule has 1 saturated heterocycles. The smallest absolute Gasteiger partial charge is 0.310 e. The maximum absolute atomic E-state index is 13.8. The first-order valence-electron chi connectivity index (χ1n) is 5.95. The Morgan fingerprint density at radius 2 is 2.33 bits per heavy atom. The lowest BCUT2D eigenvalue weighted by atomic mass is 9.88. The Bertz CT molecular complexity index is 453. The molecule has 3 nitrogen and oxygen atoms in total. The van der Waals surface area contributed by atoms with Gasteiger partial charge in [-0.25, -0.2) is 4.39 Å². The highest BCUT2D eigenvalue weighted by molar-refractivity contribution is 6.30. The minimum absolute atomic E-state index is 0.220. The number of nitrogens with one attached hydrogen (secondary N) is 1. The van der Waals surface area contributed by atoms with Crippen LogP contribution in [0.5, 0.6) is 0 Å². The van der Waals surface area contributed by atoms with Crippen molar-refractivity contribution in [2.45, 2.75) is 12.8 Å². The molecule has 0 saturated carbocycles. The molecule has 2 atom stereocenters. The first-order chi connectivity index (χ1) is 8.63. The average Bonchev–Trinajstić information content (AvgIpc) is 2.81. The Morgan fingerprint density at radius 3 is 3.06 bits per heavy atom. The highest BCUT2D eigenvalue weighted by Gasteiger charge is 2.36. The van der Waals surface area contributed by atoms with Gasteiger partial charge in [0.2, 0.25) is 0 Å². The van der Waals surface area contributed by atoms with Gasteiger partial charge in [-0.2, -0.15) is 0 Å². The van der Waals surface area contributed by atoms with Crippen LogP contribution >= 0.6 is 11.6 Å². The van der Waals surface area contributed by atoms with Crippen molar-refractivity contribution in [3.05, 3.63) is 34.6 Å². The molecule has 1 aliphatic heterocycles. The van der Waals surface area contributed by atoms with E-state index in [0.29, 0.717) is 30.3 Å². The Kier molecular flexibility index (Phi) is 4.19. The van der Waals surface area contributed by atoms with Gasteiger partial charge in [0.05, 0.1) is 12.5 Å². The van der Waals surface area contributed by atoms with Gasteiger partial charge in [0, 0.05) is 24.0 Å². The number of halogens is 2. The minimum Gasteiger partial charge on any atom is -0.466 e. The van der Waals surface area contributed by atoms with Gasteiger partial charge in [0.1, 0.15) is 5.82 Å². The van der Waals surface area contributed by atoms with Crippen LogP contribution in [0.1, 0.15) is 18.4 Å². The molecule has 0 radical (unpaired) electrons. The molecule has 1 aromatic rings.